The van der Waals surface area contributed by atoms with Crippen molar-refractivity contribution in [3.63, 3.8) is 0 Å². The Morgan fingerprint density at radius 1 is 1.89 bits per heavy atom. The van der Waals surface area contributed by atoms with E-state index in [1.807, 2.05) is 0 Å². The molecule has 1 rings (SSSR count). The third-order valence-electron chi connectivity index (χ3n) is 1.43. The van der Waals surface area contributed by atoms with Gasteiger partial charge in [0.2, 0.25) is 0 Å². The molecule has 3 nitrogen and oxygen atoms in total. The van der Waals surface area contributed by atoms with Crippen LogP contribution in [0.5, 0.6) is 0 Å². The van der Waals surface area contributed by atoms with E-state index in [1.54, 1.807) is 6.92 Å². The maximum atomic E-state index is 10.7. The van der Waals surface area contributed by atoms with Crippen LogP contribution in [0.25, 0.3) is 0 Å². The van der Waals surface area contributed by atoms with Crippen molar-refractivity contribution in [1.82, 2.24) is 0 Å². The minimum Gasteiger partial charge on any atom is -0.466 e. The van der Waals surface area contributed by atoms with Gasteiger partial charge in [-0.25, -0.2) is 0 Å². The van der Waals surface area contributed by atoms with Gasteiger partial charge in [0, 0.05) is 6.04 Å². The van der Waals surface area contributed by atoms with Crippen LogP contribution in [0.2, 0.25) is 0 Å². The van der Waals surface area contributed by atoms with Gasteiger partial charge in [-0.15, -0.1) is 0 Å². The maximum absolute atomic E-state index is 10.7. The Labute approximate surface area is 54.2 Å². The lowest BCUT2D eigenvalue weighted by Crippen LogP contribution is -2.13. The van der Waals surface area contributed by atoms with E-state index in [-0.39, 0.29) is 17.9 Å². The molecule has 0 aromatic heterocycles. The van der Waals surface area contributed by atoms with Crippen LogP contribution in [-0.4, -0.2) is 18.6 Å². The van der Waals surface area contributed by atoms with Crippen molar-refractivity contribution >= 4 is 5.97 Å². The molecule has 2 atom stereocenters. The van der Waals surface area contributed by atoms with Crippen LogP contribution in [0.4, 0.5) is 0 Å². The van der Waals surface area contributed by atoms with E-state index < -0.39 is 0 Å². The first-order valence-electron chi connectivity index (χ1n) is 3.18. The van der Waals surface area contributed by atoms with Crippen molar-refractivity contribution in [2.75, 3.05) is 6.61 Å². The largest absolute Gasteiger partial charge is 0.466 e. The molecular formula is C6H11NO2. The average Bonchev–Trinajstić information content (AvgIpc) is 2.47. The molecule has 0 bridgehead atoms. The lowest BCUT2D eigenvalue weighted by atomic mass is 10.4. The molecule has 0 amide bonds. The van der Waals surface area contributed by atoms with Crippen LogP contribution in [0.15, 0.2) is 0 Å². The normalized spacial score (nSPS) is 31.8. The molecule has 1 aliphatic rings. The summed E-state index contributed by atoms with van der Waals surface area (Å²) in [5, 5.41) is 0. The fourth-order valence-electron chi connectivity index (χ4n) is 0.735. The molecule has 0 aromatic carbocycles. The Kier molecular flexibility index (Phi) is 1.71. The minimum absolute atomic E-state index is 0.00458. The van der Waals surface area contributed by atoms with Crippen LogP contribution in [0.3, 0.4) is 0 Å². The monoisotopic (exact) mass is 129 g/mol. The average molecular weight is 129 g/mol. The molecule has 1 aliphatic carbocycles. The smallest absolute Gasteiger partial charge is 0.310 e. The lowest BCUT2D eigenvalue weighted by Gasteiger charge is -1.96. The summed E-state index contributed by atoms with van der Waals surface area (Å²) in [5.74, 6) is -0.130. The molecule has 52 valence electrons. The summed E-state index contributed by atoms with van der Waals surface area (Å²) in [6.45, 7) is 2.26. The summed E-state index contributed by atoms with van der Waals surface area (Å²) in [6.07, 6.45) is 0.804. The molecule has 9 heavy (non-hydrogen) atoms. The predicted octanol–water partition coefficient (Wildman–Crippen LogP) is -0.103. The number of ether oxygens (including phenoxy) is 1. The Hall–Kier alpha value is -0.570. The topological polar surface area (TPSA) is 52.3 Å². The number of rotatable bonds is 2. The van der Waals surface area contributed by atoms with Crippen LogP contribution in [0, 0.1) is 5.92 Å². The second-order valence-electron chi connectivity index (χ2n) is 2.26. The van der Waals surface area contributed by atoms with Crippen molar-refractivity contribution in [3.05, 3.63) is 0 Å². The quantitative estimate of drug-likeness (QED) is 0.529. The molecule has 0 radical (unpaired) electrons. The SMILES string of the molecule is CCOC(=O)[C@H]1C[C@H]1N. The molecule has 0 unspecified atom stereocenters. The standard InChI is InChI=1S/C6H11NO2/c1-2-9-6(8)4-3-5(4)7/h4-5H,2-3,7H2,1H3/t4-,5+/m0/s1. The zero-order valence-electron chi connectivity index (χ0n) is 5.46. The highest BCUT2D eigenvalue weighted by atomic mass is 16.5. The van der Waals surface area contributed by atoms with E-state index >= 15 is 0 Å². The van der Waals surface area contributed by atoms with Crippen LogP contribution >= 0.6 is 0 Å². The summed E-state index contributed by atoms with van der Waals surface area (Å²) in [6, 6.07) is 0.0732. The Balaban J connectivity index is 2.20. The highest BCUT2D eigenvalue weighted by Crippen LogP contribution is 2.28. The van der Waals surface area contributed by atoms with Crippen LogP contribution < -0.4 is 5.73 Å². The molecule has 0 aromatic rings. The zero-order valence-corrected chi connectivity index (χ0v) is 5.46. The van der Waals surface area contributed by atoms with Gasteiger partial charge in [0.15, 0.2) is 0 Å². The Bertz CT molecular complexity index is 124. The second kappa shape index (κ2) is 2.35. The third kappa shape index (κ3) is 1.42. The van der Waals surface area contributed by atoms with Gasteiger partial charge in [-0.2, -0.15) is 0 Å². The zero-order chi connectivity index (χ0) is 6.85. The fourth-order valence-corrected chi connectivity index (χ4v) is 0.735. The molecule has 0 aliphatic heterocycles. The third-order valence-corrected chi connectivity index (χ3v) is 1.43. The molecule has 0 spiro atoms. The molecule has 2 N–H and O–H groups in total. The number of carbonyl (C=O) groups excluding carboxylic acids is 1. The first kappa shape index (κ1) is 6.55. The number of esters is 1. The Morgan fingerprint density at radius 2 is 2.44 bits per heavy atom. The minimum atomic E-state index is -0.134. The first-order chi connectivity index (χ1) is 4.25. The number of nitrogens with two attached hydrogens (primary N) is 1. The van der Waals surface area contributed by atoms with Crippen molar-refractivity contribution in [1.29, 1.82) is 0 Å². The van der Waals surface area contributed by atoms with Crippen molar-refractivity contribution < 1.29 is 9.53 Å². The van der Waals surface area contributed by atoms with Gasteiger partial charge in [-0.3, -0.25) is 4.79 Å². The predicted molar refractivity (Wildman–Crippen MR) is 32.7 cm³/mol. The van der Waals surface area contributed by atoms with Crippen molar-refractivity contribution in [3.8, 4) is 0 Å². The van der Waals surface area contributed by atoms with E-state index in [4.69, 9.17) is 10.5 Å². The van der Waals surface area contributed by atoms with E-state index in [2.05, 4.69) is 0 Å². The molecular weight excluding hydrogens is 118 g/mol. The maximum Gasteiger partial charge on any atom is 0.310 e. The van der Waals surface area contributed by atoms with Gasteiger partial charge >= 0.3 is 5.97 Å². The molecule has 1 saturated carbocycles. The van der Waals surface area contributed by atoms with Crippen LogP contribution in [-0.2, 0) is 9.53 Å². The van der Waals surface area contributed by atoms with E-state index in [0.29, 0.717) is 6.61 Å². The Morgan fingerprint density at radius 3 is 2.78 bits per heavy atom. The second-order valence-corrected chi connectivity index (χ2v) is 2.26. The van der Waals surface area contributed by atoms with Gasteiger partial charge in [0.25, 0.3) is 0 Å². The number of hydrogen-bond acceptors (Lipinski definition) is 3. The number of carbonyl (C=O) groups is 1. The fraction of sp³-hybridized carbons (Fsp3) is 0.833. The first-order valence-corrected chi connectivity index (χ1v) is 3.18. The van der Waals surface area contributed by atoms with Gasteiger partial charge in [-0.05, 0) is 13.3 Å². The summed E-state index contributed by atoms with van der Waals surface area (Å²) in [5.41, 5.74) is 5.40. The summed E-state index contributed by atoms with van der Waals surface area (Å²) in [4.78, 5) is 10.7. The van der Waals surface area contributed by atoms with Gasteiger partial charge in [-0.1, -0.05) is 0 Å². The summed E-state index contributed by atoms with van der Waals surface area (Å²) in [7, 11) is 0. The van der Waals surface area contributed by atoms with Gasteiger partial charge < -0.3 is 10.5 Å². The lowest BCUT2D eigenvalue weighted by molar-refractivity contribution is -0.144. The van der Waals surface area contributed by atoms with E-state index in [9.17, 15) is 4.79 Å². The molecule has 1 fully saturated rings. The number of hydrogen-bond donors (Lipinski definition) is 1. The summed E-state index contributed by atoms with van der Waals surface area (Å²) < 4.78 is 4.72. The van der Waals surface area contributed by atoms with E-state index in [0.717, 1.165) is 6.42 Å². The van der Waals surface area contributed by atoms with Crippen LogP contribution in [0.1, 0.15) is 13.3 Å². The summed E-state index contributed by atoms with van der Waals surface area (Å²) >= 11 is 0. The highest BCUT2D eigenvalue weighted by Gasteiger charge is 2.41. The molecule has 0 saturated heterocycles. The van der Waals surface area contributed by atoms with Crippen molar-refractivity contribution in [2.24, 2.45) is 11.7 Å². The van der Waals surface area contributed by atoms with Gasteiger partial charge in [0.05, 0.1) is 12.5 Å². The molecule has 0 heterocycles. The van der Waals surface area contributed by atoms with E-state index in [1.165, 1.54) is 0 Å². The highest BCUT2D eigenvalue weighted by molar-refractivity contribution is 5.76. The van der Waals surface area contributed by atoms with Crippen molar-refractivity contribution in [2.45, 2.75) is 19.4 Å². The molecule has 3 heteroatoms. The van der Waals surface area contributed by atoms with Gasteiger partial charge in [0.1, 0.15) is 0 Å².